The molecule has 0 bridgehead atoms. The maximum atomic E-state index is 11.0. The first kappa shape index (κ1) is 11.9. The first-order valence-corrected chi connectivity index (χ1v) is 6.29. The highest BCUT2D eigenvalue weighted by Crippen LogP contribution is 2.33. The molecule has 1 atom stereocenters. The summed E-state index contributed by atoms with van der Waals surface area (Å²) in [4.78, 5) is 11.0. The summed E-state index contributed by atoms with van der Waals surface area (Å²) < 4.78 is 0. The second-order valence-corrected chi connectivity index (χ2v) is 5.32. The molecule has 0 radical (unpaired) electrons. The minimum Gasteiger partial charge on any atom is -0.480 e. The van der Waals surface area contributed by atoms with Crippen molar-refractivity contribution in [3.63, 3.8) is 0 Å². The minimum absolute atomic E-state index is 0.282. The van der Waals surface area contributed by atoms with Gasteiger partial charge in [0.1, 0.15) is 6.04 Å². The topological polar surface area (TPSA) is 69.6 Å². The molecule has 2 aliphatic carbocycles. The number of rotatable bonds is 5. The van der Waals surface area contributed by atoms with Crippen molar-refractivity contribution < 1.29 is 15.0 Å². The molecule has 4 heteroatoms. The second-order valence-electron chi connectivity index (χ2n) is 5.32. The van der Waals surface area contributed by atoms with Crippen LogP contribution in [-0.4, -0.2) is 34.4 Å². The monoisotopic (exact) mass is 227 g/mol. The van der Waals surface area contributed by atoms with Gasteiger partial charge < -0.3 is 15.5 Å². The molecule has 0 aromatic rings. The van der Waals surface area contributed by atoms with E-state index in [2.05, 4.69) is 5.32 Å². The highest BCUT2D eigenvalue weighted by molar-refractivity contribution is 5.74. The molecular weight excluding hydrogens is 206 g/mol. The van der Waals surface area contributed by atoms with E-state index < -0.39 is 17.6 Å². The third-order valence-electron chi connectivity index (χ3n) is 3.79. The van der Waals surface area contributed by atoms with Crippen molar-refractivity contribution in [1.82, 2.24) is 5.32 Å². The fourth-order valence-electron chi connectivity index (χ4n) is 2.57. The number of nitrogens with one attached hydrogen (secondary N) is 1. The Morgan fingerprint density at radius 2 is 1.94 bits per heavy atom. The number of carboxylic acid groups (broad SMARTS) is 1. The van der Waals surface area contributed by atoms with Gasteiger partial charge in [0, 0.05) is 6.54 Å². The lowest BCUT2D eigenvalue weighted by molar-refractivity contribution is -0.140. The fourth-order valence-corrected chi connectivity index (χ4v) is 2.57. The highest BCUT2D eigenvalue weighted by atomic mass is 16.4. The van der Waals surface area contributed by atoms with Gasteiger partial charge in [-0.1, -0.05) is 19.3 Å². The molecule has 16 heavy (non-hydrogen) atoms. The molecule has 0 saturated heterocycles. The Morgan fingerprint density at radius 3 is 2.44 bits per heavy atom. The number of carbonyl (C=O) groups is 1. The van der Waals surface area contributed by atoms with E-state index in [1.54, 1.807) is 0 Å². The summed E-state index contributed by atoms with van der Waals surface area (Å²) in [5.41, 5.74) is -0.666. The van der Waals surface area contributed by atoms with E-state index in [1.165, 1.54) is 6.42 Å². The average Bonchev–Trinajstić information content (AvgIpc) is 3.02. The molecule has 0 aliphatic heterocycles. The van der Waals surface area contributed by atoms with Crippen LogP contribution in [0.3, 0.4) is 0 Å². The normalized spacial score (nSPS) is 26.3. The van der Waals surface area contributed by atoms with E-state index in [9.17, 15) is 9.90 Å². The van der Waals surface area contributed by atoms with Gasteiger partial charge in [-0.3, -0.25) is 4.79 Å². The average molecular weight is 227 g/mol. The Hall–Kier alpha value is -0.610. The molecule has 92 valence electrons. The van der Waals surface area contributed by atoms with Gasteiger partial charge >= 0.3 is 5.97 Å². The lowest BCUT2D eigenvalue weighted by atomic mass is 9.84. The zero-order valence-corrected chi connectivity index (χ0v) is 9.61. The number of hydrogen-bond acceptors (Lipinski definition) is 3. The van der Waals surface area contributed by atoms with Gasteiger partial charge in [0.15, 0.2) is 0 Å². The zero-order chi connectivity index (χ0) is 11.6. The largest absolute Gasteiger partial charge is 0.480 e. The molecule has 0 aromatic heterocycles. The molecule has 2 fully saturated rings. The molecule has 4 nitrogen and oxygen atoms in total. The fraction of sp³-hybridized carbons (Fsp3) is 0.917. The molecule has 2 rings (SSSR count). The number of aliphatic carboxylic acids is 1. The number of carboxylic acids is 1. The molecule has 0 aromatic carbocycles. The Bertz CT molecular complexity index is 257. The highest BCUT2D eigenvalue weighted by Gasteiger charge is 2.38. The predicted octanol–water partition coefficient (Wildman–Crippen LogP) is 1.13. The molecule has 0 amide bonds. The summed E-state index contributed by atoms with van der Waals surface area (Å²) in [6.07, 6.45) is 6.91. The van der Waals surface area contributed by atoms with Crippen molar-refractivity contribution in [2.75, 3.05) is 6.54 Å². The van der Waals surface area contributed by atoms with E-state index >= 15 is 0 Å². The van der Waals surface area contributed by atoms with Gasteiger partial charge in [-0.05, 0) is 31.6 Å². The Labute approximate surface area is 96.0 Å². The maximum Gasteiger partial charge on any atom is 0.320 e. The smallest absolute Gasteiger partial charge is 0.320 e. The zero-order valence-electron chi connectivity index (χ0n) is 9.61. The number of hydrogen-bond donors (Lipinski definition) is 3. The van der Waals surface area contributed by atoms with Crippen LogP contribution < -0.4 is 5.32 Å². The molecule has 2 aliphatic rings. The second kappa shape index (κ2) is 4.72. The lowest BCUT2D eigenvalue weighted by Gasteiger charge is -2.33. The quantitative estimate of drug-likeness (QED) is 0.658. The molecule has 0 spiro atoms. The van der Waals surface area contributed by atoms with E-state index in [1.807, 2.05) is 0 Å². The minimum atomic E-state index is -0.776. The van der Waals surface area contributed by atoms with Crippen LogP contribution >= 0.6 is 0 Å². The summed E-state index contributed by atoms with van der Waals surface area (Å²) in [7, 11) is 0. The van der Waals surface area contributed by atoms with Gasteiger partial charge in [-0.25, -0.2) is 0 Å². The van der Waals surface area contributed by atoms with E-state index in [0.29, 0.717) is 6.54 Å². The van der Waals surface area contributed by atoms with E-state index in [0.717, 1.165) is 38.5 Å². The Balaban J connectivity index is 1.82. The predicted molar refractivity (Wildman–Crippen MR) is 60.2 cm³/mol. The van der Waals surface area contributed by atoms with Crippen molar-refractivity contribution >= 4 is 5.97 Å². The standard InChI is InChI=1S/C12H21NO3/c14-11(15)10(9-4-5-9)13-8-12(16)6-2-1-3-7-12/h9-10,13,16H,1-8H2,(H,14,15). The lowest BCUT2D eigenvalue weighted by Crippen LogP contribution is -2.49. The van der Waals surface area contributed by atoms with Crippen molar-refractivity contribution in [3.05, 3.63) is 0 Å². The Kier molecular flexibility index (Phi) is 3.50. The maximum absolute atomic E-state index is 11.0. The number of aliphatic hydroxyl groups is 1. The van der Waals surface area contributed by atoms with Crippen LogP contribution in [0.4, 0.5) is 0 Å². The van der Waals surface area contributed by atoms with Gasteiger partial charge in [0.25, 0.3) is 0 Å². The molecule has 3 N–H and O–H groups in total. The van der Waals surface area contributed by atoms with Gasteiger partial charge in [0.05, 0.1) is 5.60 Å². The van der Waals surface area contributed by atoms with Gasteiger partial charge in [-0.2, -0.15) is 0 Å². The SMILES string of the molecule is O=C(O)C(NCC1(O)CCCCC1)C1CC1. The van der Waals surface area contributed by atoms with Gasteiger partial charge in [-0.15, -0.1) is 0 Å². The molecule has 2 saturated carbocycles. The summed E-state index contributed by atoms with van der Waals surface area (Å²) in [6, 6.07) is -0.453. The Morgan fingerprint density at radius 1 is 1.31 bits per heavy atom. The van der Waals surface area contributed by atoms with Crippen molar-refractivity contribution in [3.8, 4) is 0 Å². The first-order valence-electron chi connectivity index (χ1n) is 6.29. The molecule has 1 unspecified atom stereocenters. The van der Waals surface area contributed by atoms with E-state index in [4.69, 9.17) is 5.11 Å². The van der Waals surface area contributed by atoms with Crippen molar-refractivity contribution in [2.45, 2.75) is 56.6 Å². The first-order chi connectivity index (χ1) is 7.61. The molecule has 0 heterocycles. The van der Waals surface area contributed by atoms with Crippen LogP contribution in [0.2, 0.25) is 0 Å². The van der Waals surface area contributed by atoms with Crippen molar-refractivity contribution in [2.24, 2.45) is 5.92 Å². The summed E-state index contributed by atoms with van der Waals surface area (Å²) >= 11 is 0. The van der Waals surface area contributed by atoms with Crippen LogP contribution in [0.15, 0.2) is 0 Å². The van der Waals surface area contributed by atoms with Crippen LogP contribution in [0.25, 0.3) is 0 Å². The third kappa shape index (κ3) is 2.95. The summed E-state index contributed by atoms with van der Waals surface area (Å²) in [5.74, 6) is -0.494. The van der Waals surface area contributed by atoms with E-state index in [-0.39, 0.29) is 5.92 Å². The van der Waals surface area contributed by atoms with Crippen LogP contribution in [0, 0.1) is 5.92 Å². The summed E-state index contributed by atoms with van der Waals surface area (Å²) in [6.45, 7) is 0.431. The van der Waals surface area contributed by atoms with Crippen LogP contribution in [-0.2, 0) is 4.79 Å². The summed E-state index contributed by atoms with van der Waals surface area (Å²) in [5, 5.41) is 22.3. The van der Waals surface area contributed by atoms with Crippen LogP contribution in [0.5, 0.6) is 0 Å². The van der Waals surface area contributed by atoms with Gasteiger partial charge in [0.2, 0.25) is 0 Å². The molecular formula is C12H21NO3. The van der Waals surface area contributed by atoms with Crippen molar-refractivity contribution in [1.29, 1.82) is 0 Å². The van der Waals surface area contributed by atoms with Crippen LogP contribution in [0.1, 0.15) is 44.9 Å². The third-order valence-corrected chi connectivity index (χ3v) is 3.79.